The molecule has 0 spiro atoms. The van der Waals surface area contributed by atoms with Gasteiger partial charge in [0.25, 0.3) is 0 Å². The third kappa shape index (κ3) is 6.46. The fraction of sp³-hybridized carbons (Fsp3) is 0.500. The highest BCUT2D eigenvalue weighted by molar-refractivity contribution is 6.08. The first-order valence-corrected chi connectivity index (χ1v) is 12.7. The predicted octanol–water partition coefficient (Wildman–Crippen LogP) is 2.93. The van der Waals surface area contributed by atoms with Crippen LogP contribution in [0.5, 0.6) is 0 Å². The van der Waals surface area contributed by atoms with E-state index in [1.165, 1.54) is 6.08 Å². The summed E-state index contributed by atoms with van der Waals surface area (Å²) in [6.07, 6.45) is 2.64. The van der Waals surface area contributed by atoms with Crippen molar-refractivity contribution in [2.45, 2.75) is 45.2 Å². The summed E-state index contributed by atoms with van der Waals surface area (Å²) in [6.45, 7) is 11.1. The molecule has 2 atom stereocenters. The molecule has 0 aromatic heterocycles. The highest BCUT2D eigenvalue weighted by atomic mass is 16.2. The first-order chi connectivity index (χ1) is 17.4. The summed E-state index contributed by atoms with van der Waals surface area (Å²) < 4.78 is 0. The summed E-state index contributed by atoms with van der Waals surface area (Å²) in [5.41, 5.74) is 1.88. The van der Waals surface area contributed by atoms with Gasteiger partial charge in [0.2, 0.25) is 11.8 Å². The van der Waals surface area contributed by atoms with Gasteiger partial charge in [-0.05, 0) is 64.9 Å². The lowest BCUT2D eigenvalue weighted by Gasteiger charge is -2.35. The van der Waals surface area contributed by atoms with Gasteiger partial charge in [-0.2, -0.15) is 0 Å². The molecule has 3 rings (SSSR count). The van der Waals surface area contributed by atoms with Crippen LogP contribution in [0.1, 0.15) is 45.2 Å². The number of urea groups is 1. The van der Waals surface area contributed by atoms with Crippen LogP contribution in [-0.4, -0.2) is 84.2 Å². The van der Waals surface area contributed by atoms with Gasteiger partial charge in [0.1, 0.15) is 5.84 Å². The average Bonchev–Trinajstić information content (AvgIpc) is 3.12. The molecule has 1 aromatic rings. The second-order valence-corrected chi connectivity index (χ2v) is 10.6. The highest BCUT2D eigenvalue weighted by Gasteiger charge is 2.42. The van der Waals surface area contributed by atoms with E-state index in [1.54, 1.807) is 9.80 Å². The van der Waals surface area contributed by atoms with Crippen LogP contribution in [0.25, 0.3) is 0 Å². The quantitative estimate of drug-likeness (QED) is 0.299. The van der Waals surface area contributed by atoms with Crippen molar-refractivity contribution in [2.75, 3.05) is 40.3 Å². The SMILES string of the molecule is C=CC(=O)N1CCC[C@@H](C(=O)NC(=N)C2=C(C)C(C)(C)N(C(=O)N[C@H](CN(C)C)c3ccccc3)C2)C1. The van der Waals surface area contributed by atoms with Gasteiger partial charge in [-0.1, -0.05) is 36.9 Å². The Morgan fingerprint density at radius 1 is 1.24 bits per heavy atom. The summed E-state index contributed by atoms with van der Waals surface area (Å²) >= 11 is 0. The van der Waals surface area contributed by atoms with Gasteiger partial charge in [0, 0.05) is 25.2 Å². The van der Waals surface area contributed by atoms with E-state index >= 15 is 0 Å². The van der Waals surface area contributed by atoms with Gasteiger partial charge in [-0.25, -0.2) is 4.79 Å². The van der Waals surface area contributed by atoms with Crippen LogP contribution in [0.4, 0.5) is 4.79 Å². The zero-order valence-electron chi connectivity index (χ0n) is 22.6. The van der Waals surface area contributed by atoms with Crippen LogP contribution in [0.2, 0.25) is 0 Å². The van der Waals surface area contributed by atoms with Crippen molar-refractivity contribution in [3.63, 3.8) is 0 Å². The fourth-order valence-corrected chi connectivity index (χ4v) is 4.97. The van der Waals surface area contributed by atoms with Crippen LogP contribution < -0.4 is 10.6 Å². The third-order valence-corrected chi connectivity index (χ3v) is 7.48. The summed E-state index contributed by atoms with van der Waals surface area (Å²) in [6, 6.07) is 9.43. The molecule has 0 saturated carbocycles. The Labute approximate surface area is 220 Å². The van der Waals surface area contributed by atoms with Gasteiger partial charge in [-0.3, -0.25) is 15.0 Å². The van der Waals surface area contributed by atoms with E-state index in [-0.39, 0.29) is 42.2 Å². The van der Waals surface area contributed by atoms with E-state index in [0.717, 1.165) is 17.6 Å². The maximum absolute atomic E-state index is 13.5. The standard InChI is InChI=1S/C28H40N6O3/c1-7-24(35)33-15-11-14-21(16-33)26(36)31-25(29)22-17-34(28(3,4)19(22)2)27(37)30-23(18-32(5)6)20-12-9-8-10-13-20/h7-10,12-13,21,23H,1,11,14-18H2,2-6H3,(H,30,37)(H2,29,31,36)/t21-,23-/m1/s1. The van der Waals surface area contributed by atoms with Crippen molar-refractivity contribution in [1.82, 2.24) is 25.3 Å². The molecular formula is C28H40N6O3. The number of nitrogens with zero attached hydrogens (tertiary/aromatic N) is 3. The number of amides is 4. The van der Waals surface area contributed by atoms with E-state index < -0.39 is 5.54 Å². The number of piperidine rings is 1. The van der Waals surface area contributed by atoms with Crippen molar-refractivity contribution >= 4 is 23.7 Å². The van der Waals surface area contributed by atoms with Crippen molar-refractivity contribution in [2.24, 2.45) is 5.92 Å². The normalized spacial score (nSPS) is 20.0. The van der Waals surface area contributed by atoms with E-state index in [1.807, 2.05) is 70.1 Å². The number of hydrogen-bond donors (Lipinski definition) is 3. The van der Waals surface area contributed by atoms with Crippen molar-refractivity contribution in [3.8, 4) is 0 Å². The molecule has 1 fully saturated rings. The molecule has 3 N–H and O–H groups in total. The molecule has 37 heavy (non-hydrogen) atoms. The maximum atomic E-state index is 13.5. The smallest absolute Gasteiger partial charge is 0.318 e. The molecule has 2 aliphatic rings. The highest BCUT2D eigenvalue weighted by Crippen LogP contribution is 2.34. The summed E-state index contributed by atoms with van der Waals surface area (Å²) in [5.74, 6) is -0.840. The number of carbonyl (C=O) groups excluding carboxylic acids is 3. The van der Waals surface area contributed by atoms with Gasteiger partial charge in [-0.15, -0.1) is 0 Å². The minimum absolute atomic E-state index is 0.00551. The molecule has 9 heteroatoms. The number of rotatable bonds is 7. The third-order valence-electron chi connectivity index (χ3n) is 7.48. The lowest BCUT2D eigenvalue weighted by molar-refractivity contribution is -0.131. The topological polar surface area (TPSA) is 109 Å². The molecule has 0 unspecified atom stereocenters. The van der Waals surface area contributed by atoms with Crippen LogP contribution in [-0.2, 0) is 9.59 Å². The zero-order chi connectivity index (χ0) is 27.3. The molecule has 9 nitrogen and oxygen atoms in total. The lowest BCUT2D eigenvalue weighted by Crippen LogP contribution is -2.51. The average molecular weight is 509 g/mol. The van der Waals surface area contributed by atoms with E-state index in [2.05, 4.69) is 17.2 Å². The lowest BCUT2D eigenvalue weighted by atomic mass is 9.94. The number of amidine groups is 1. The van der Waals surface area contributed by atoms with Crippen molar-refractivity contribution in [1.29, 1.82) is 5.41 Å². The minimum atomic E-state index is -0.631. The Bertz CT molecular complexity index is 1080. The minimum Gasteiger partial charge on any atom is -0.338 e. The Hall–Kier alpha value is -3.46. The zero-order valence-corrected chi connectivity index (χ0v) is 22.6. The predicted molar refractivity (Wildman–Crippen MR) is 145 cm³/mol. The van der Waals surface area contributed by atoms with E-state index in [4.69, 9.17) is 5.41 Å². The molecule has 0 aliphatic carbocycles. The van der Waals surface area contributed by atoms with Gasteiger partial charge < -0.3 is 25.3 Å². The second-order valence-electron chi connectivity index (χ2n) is 10.6. The van der Waals surface area contributed by atoms with Crippen LogP contribution in [0.15, 0.2) is 54.1 Å². The number of benzene rings is 1. The number of likely N-dealkylation sites (tertiary alicyclic amines) is 1. The first-order valence-electron chi connectivity index (χ1n) is 12.7. The van der Waals surface area contributed by atoms with Crippen molar-refractivity contribution < 1.29 is 14.4 Å². The Morgan fingerprint density at radius 2 is 1.92 bits per heavy atom. The Kier molecular flexibility index (Phi) is 8.91. The number of hydrogen-bond acceptors (Lipinski definition) is 5. The molecular weight excluding hydrogens is 468 g/mol. The molecule has 200 valence electrons. The second kappa shape index (κ2) is 11.7. The largest absolute Gasteiger partial charge is 0.338 e. The maximum Gasteiger partial charge on any atom is 0.318 e. The van der Waals surface area contributed by atoms with Crippen LogP contribution in [0, 0.1) is 11.3 Å². The van der Waals surface area contributed by atoms with Crippen LogP contribution in [0.3, 0.4) is 0 Å². The van der Waals surface area contributed by atoms with Crippen molar-refractivity contribution in [3.05, 3.63) is 59.7 Å². The summed E-state index contributed by atoms with van der Waals surface area (Å²) in [7, 11) is 3.93. The van der Waals surface area contributed by atoms with Gasteiger partial charge in [0.15, 0.2) is 0 Å². The molecule has 2 aliphatic heterocycles. The molecule has 1 aromatic carbocycles. The summed E-state index contributed by atoms with van der Waals surface area (Å²) in [4.78, 5) is 43.8. The number of nitrogens with one attached hydrogen (secondary N) is 3. The molecule has 0 radical (unpaired) electrons. The van der Waals surface area contributed by atoms with E-state index in [0.29, 0.717) is 31.6 Å². The number of likely N-dealkylation sites (N-methyl/N-ethyl adjacent to an activating group) is 1. The Balaban J connectivity index is 1.69. The molecule has 1 saturated heterocycles. The molecule has 2 heterocycles. The number of carbonyl (C=O) groups is 3. The Morgan fingerprint density at radius 3 is 2.54 bits per heavy atom. The fourth-order valence-electron chi connectivity index (χ4n) is 4.97. The van der Waals surface area contributed by atoms with Gasteiger partial charge in [0.05, 0.1) is 24.0 Å². The monoisotopic (exact) mass is 508 g/mol. The van der Waals surface area contributed by atoms with E-state index in [9.17, 15) is 14.4 Å². The summed E-state index contributed by atoms with van der Waals surface area (Å²) in [5, 5.41) is 14.6. The molecule has 0 bridgehead atoms. The van der Waals surface area contributed by atoms with Crippen LogP contribution >= 0.6 is 0 Å². The molecule has 4 amide bonds. The first kappa shape index (κ1) is 28.1. The van der Waals surface area contributed by atoms with Gasteiger partial charge >= 0.3 is 6.03 Å².